The predicted molar refractivity (Wildman–Crippen MR) is 75.4 cm³/mol. The lowest BCUT2D eigenvalue weighted by Gasteiger charge is -2.55. The third kappa shape index (κ3) is 1.85. The maximum atomic E-state index is 4.16. The van der Waals surface area contributed by atoms with Crippen LogP contribution in [0.1, 0.15) is 64.7 Å². The van der Waals surface area contributed by atoms with Crippen LogP contribution in [0.3, 0.4) is 0 Å². The van der Waals surface area contributed by atoms with Crippen molar-refractivity contribution in [3.8, 4) is 0 Å². The minimum absolute atomic E-state index is 0.873. The van der Waals surface area contributed by atoms with E-state index in [0.717, 1.165) is 41.7 Å². The number of hydrogen-bond donors (Lipinski definition) is 1. The van der Waals surface area contributed by atoms with E-state index < -0.39 is 0 Å². The van der Waals surface area contributed by atoms with Crippen LogP contribution in [0.2, 0.25) is 0 Å². The molecular weight excluding hydrogens is 218 g/mol. The van der Waals surface area contributed by atoms with E-state index in [1.54, 1.807) is 32.1 Å². The van der Waals surface area contributed by atoms with Crippen LogP contribution in [-0.4, -0.2) is 12.1 Å². The summed E-state index contributed by atoms with van der Waals surface area (Å²) in [5.74, 6) is 5.34. The first-order valence-corrected chi connectivity index (χ1v) is 8.59. The average molecular weight is 247 g/mol. The monoisotopic (exact) mass is 247 g/mol. The van der Waals surface area contributed by atoms with Gasteiger partial charge < -0.3 is 5.32 Å². The largest absolute Gasteiger partial charge is 0.310 e. The van der Waals surface area contributed by atoms with E-state index >= 15 is 0 Å². The molecule has 0 aromatic carbocycles. The van der Waals surface area contributed by atoms with Gasteiger partial charge in [0.2, 0.25) is 0 Å². The molecule has 2 atom stereocenters. The summed E-state index contributed by atoms with van der Waals surface area (Å²) in [6.45, 7) is 2.39. The molecule has 0 aliphatic heterocycles. The fourth-order valence-corrected chi connectivity index (χ4v) is 6.19. The van der Waals surface area contributed by atoms with Crippen molar-refractivity contribution >= 4 is 0 Å². The number of hydrogen-bond acceptors (Lipinski definition) is 1. The average Bonchev–Trinajstić information content (AvgIpc) is 2.80. The molecule has 1 heteroatoms. The standard InChI is InChI=1S/C17H29N/c1-2-13-4-3-5-16(13)18-17-14-7-11-6-12(9-14)10-15(17)8-11/h11-18H,2-10H2,1H3. The zero-order valence-electron chi connectivity index (χ0n) is 11.9. The van der Waals surface area contributed by atoms with Gasteiger partial charge in [-0.25, -0.2) is 0 Å². The topological polar surface area (TPSA) is 12.0 Å². The molecule has 1 nitrogen and oxygen atoms in total. The van der Waals surface area contributed by atoms with Crippen LogP contribution in [-0.2, 0) is 0 Å². The Labute approximate surface area is 112 Å². The summed E-state index contributed by atoms with van der Waals surface area (Å²) in [7, 11) is 0. The second-order valence-electron chi connectivity index (χ2n) is 7.83. The Hall–Kier alpha value is -0.0400. The fourth-order valence-electron chi connectivity index (χ4n) is 6.19. The Morgan fingerprint density at radius 1 is 0.889 bits per heavy atom. The summed E-state index contributed by atoms with van der Waals surface area (Å²) in [6, 6.07) is 1.78. The molecule has 5 rings (SSSR count). The normalized spacial score (nSPS) is 54.2. The summed E-state index contributed by atoms with van der Waals surface area (Å²) >= 11 is 0. The molecule has 0 saturated heterocycles. The van der Waals surface area contributed by atoms with Gasteiger partial charge in [-0.05, 0) is 74.5 Å². The molecule has 1 N–H and O–H groups in total. The van der Waals surface area contributed by atoms with Crippen molar-refractivity contribution in [2.75, 3.05) is 0 Å². The quantitative estimate of drug-likeness (QED) is 0.795. The van der Waals surface area contributed by atoms with Gasteiger partial charge in [0.15, 0.2) is 0 Å². The number of rotatable bonds is 3. The lowest BCUT2D eigenvalue weighted by Crippen LogP contribution is -2.57. The third-order valence-electron chi connectivity index (χ3n) is 6.82. The van der Waals surface area contributed by atoms with Gasteiger partial charge in [0.1, 0.15) is 0 Å². The Morgan fingerprint density at radius 2 is 1.56 bits per heavy atom. The first-order chi connectivity index (χ1) is 8.83. The van der Waals surface area contributed by atoms with E-state index in [0.29, 0.717) is 0 Å². The van der Waals surface area contributed by atoms with Crippen LogP contribution < -0.4 is 5.32 Å². The first-order valence-electron chi connectivity index (χ1n) is 8.59. The second kappa shape index (κ2) is 4.51. The molecule has 0 aromatic heterocycles. The van der Waals surface area contributed by atoms with Gasteiger partial charge in [-0.15, -0.1) is 0 Å². The van der Waals surface area contributed by atoms with E-state index in [1.807, 2.05) is 0 Å². The summed E-state index contributed by atoms with van der Waals surface area (Å²) in [5.41, 5.74) is 0. The molecule has 0 heterocycles. The van der Waals surface area contributed by atoms with Crippen molar-refractivity contribution in [2.45, 2.75) is 76.8 Å². The zero-order valence-corrected chi connectivity index (χ0v) is 11.9. The molecular formula is C17H29N. The van der Waals surface area contributed by atoms with Crippen LogP contribution in [0.15, 0.2) is 0 Å². The van der Waals surface area contributed by atoms with Crippen molar-refractivity contribution in [2.24, 2.45) is 29.6 Å². The van der Waals surface area contributed by atoms with Crippen LogP contribution >= 0.6 is 0 Å². The fraction of sp³-hybridized carbons (Fsp3) is 1.00. The minimum atomic E-state index is 0.873. The summed E-state index contributed by atoms with van der Waals surface area (Å²) < 4.78 is 0. The van der Waals surface area contributed by atoms with Gasteiger partial charge in [0.25, 0.3) is 0 Å². The maximum absolute atomic E-state index is 4.16. The van der Waals surface area contributed by atoms with Crippen molar-refractivity contribution in [3.05, 3.63) is 0 Å². The minimum Gasteiger partial charge on any atom is -0.310 e. The van der Waals surface area contributed by atoms with E-state index in [1.165, 1.54) is 25.7 Å². The van der Waals surface area contributed by atoms with E-state index in [2.05, 4.69) is 12.2 Å². The van der Waals surface area contributed by atoms with Crippen molar-refractivity contribution in [1.29, 1.82) is 0 Å². The lowest BCUT2D eigenvalue weighted by atomic mass is 9.54. The molecule has 0 amide bonds. The molecule has 102 valence electrons. The molecule has 5 aliphatic carbocycles. The lowest BCUT2D eigenvalue weighted by molar-refractivity contribution is -0.0193. The van der Waals surface area contributed by atoms with Crippen molar-refractivity contribution < 1.29 is 0 Å². The highest BCUT2D eigenvalue weighted by atomic mass is 15.0. The van der Waals surface area contributed by atoms with Gasteiger partial charge in [-0.1, -0.05) is 19.8 Å². The highest BCUT2D eigenvalue weighted by Gasteiger charge is 2.48. The first kappa shape index (κ1) is 11.8. The second-order valence-corrected chi connectivity index (χ2v) is 7.83. The molecule has 5 fully saturated rings. The SMILES string of the molecule is CCC1CCCC1NC1C2CC3CC(C2)CC1C3. The zero-order chi connectivity index (χ0) is 12.1. The van der Waals surface area contributed by atoms with Gasteiger partial charge in [0, 0.05) is 12.1 Å². The summed E-state index contributed by atoms with van der Waals surface area (Å²) in [5, 5.41) is 4.16. The van der Waals surface area contributed by atoms with Crippen LogP contribution in [0.4, 0.5) is 0 Å². The van der Waals surface area contributed by atoms with Gasteiger partial charge in [-0.3, -0.25) is 0 Å². The smallest absolute Gasteiger partial charge is 0.0127 e. The van der Waals surface area contributed by atoms with Crippen molar-refractivity contribution in [1.82, 2.24) is 5.32 Å². The van der Waals surface area contributed by atoms with E-state index in [-0.39, 0.29) is 0 Å². The van der Waals surface area contributed by atoms with Crippen LogP contribution in [0.5, 0.6) is 0 Å². The Kier molecular flexibility index (Phi) is 2.94. The molecule has 0 radical (unpaired) electrons. The molecule has 5 saturated carbocycles. The van der Waals surface area contributed by atoms with Gasteiger partial charge in [0.05, 0.1) is 0 Å². The molecule has 0 spiro atoms. The van der Waals surface area contributed by atoms with E-state index in [4.69, 9.17) is 0 Å². The molecule has 18 heavy (non-hydrogen) atoms. The highest BCUT2D eigenvalue weighted by molar-refractivity contribution is 5.02. The Morgan fingerprint density at radius 3 is 2.17 bits per heavy atom. The van der Waals surface area contributed by atoms with Crippen LogP contribution in [0.25, 0.3) is 0 Å². The Balaban J connectivity index is 1.45. The maximum Gasteiger partial charge on any atom is 0.0127 e. The molecule has 0 aromatic rings. The molecule has 2 unspecified atom stereocenters. The van der Waals surface area contributed by atoms with E-state index in [9.17, 15) is 0 Å². The number of nitrogens with one attached hydrogen (secondary N) is 1. The molecule has 5 aliphatic rings. The predicted octanol–water partition coefficient (Wildman–Crippen LogP) is 3.98. The summed E-state index contributed by atoms with van der Waals surface area (Å²) in [6.07, 6.45) is 13.7. The highest BCUT2D eigenvalue weighted by Crippen LogP contribution is 2.54. The summed E-state index contributed by atoms with van der Waals surface area (Å²) in [4.78, 5) is 0. The Bertz CT molecular complexity index is 283. The van der Waals surface area contributed by atoms with Gasteiger partial charge >= 0.3 is 0 Å². The molecule has 4 bridgehead atoms. The van der Waals surface area contributed by atoms with Gasteiger partial charge in [-0.2, -0.15) is 0 Å². The van der Waals surface area contributed by atoms with Crippen molar-refractivity contribution in [3.63, 3.8) is 0 Å². The van der Waals surface area contributed by atoms with Crippen LogP contribution in [0, 0.1) is 29.6 Å². The third-order valence-corrected chi connectivity index (χ3v) is 6.82.